The summed E-state index contributed by atoms with van der Waals surface area (Å²) in [4.78, 5) is 42.8. The number of nitroso groups, excluding NO2 is 1. The standard InChI is InChI=1S/C31H42F3N7O3/c1-21-9-11-22(12-10-21)16-24-17-26(29(42)36-14-3-6-23-18-37-38(2)19-23)40(20-24)41(44)28-25(7-4-13-35-28)30(43)39-15-5-8-27(39)31(32,33)34/h9-12,18-19,24-28,35H,3-8,13-17,20H2,1-2H3/p+1/t24-,25+,26+,27?,28+/m1/s1. The van der Waals surface area contributed by atoms with Crippen molar-refractivity contribution in [3.8, 4) is 0 Å². The van der Waals surface area contributed by atoms with Crippen LogP contribution >= 0.6 is 0 Å². The van der Waals surface area contributed by atoms with E-state index in [1.807, 2.05) is 44.4 Å². The molecule has 0 radical (unpaired) electrons. The molecule has 1 aromatic carbocycles. The van der Waals surface area contributed by atoms with Gasteiger partial charge in [-0.2, -0.15) is 18.3 Å². The lowest BCUT2D eigenvalue weighted by Crippen LogP contribution is -2.60. The molecule has 0 bridgehead atoms. The molecule has 0 aliphatic carbocycles. The van der Waals surface area contributed by atoms with E-state index in [4.69, 9.17) is 0 Å². The van der Waals surface area contributed by atoms with Gasteiger partial charge in [0.05, 0.1) is 17.6 Å². The molecule has 2 amide bonds. The Morgan fingerprint density at radius 1 is 1.14 bits per heavy atom. The van der Waals surface area contributed by atoms with Crippen molar-refractivity contribution in [3.05, 3.63) is 58.3 Å². The number of halogens is 3. The van der Waals surface area contributed by atoms with Gasteiger partial charge in [-0.05, 0) is 75.3 Å². The molecule has 3 aliphatic rings. The first-order valence-electron chi connectivity index (χ1n) is 15.7. The fraction of sp³-hybridized carbons (Fsp3) is 0.645. The molecular weight excluding hydrogens is 575 g/mol. The second-order valence-electron chi connectivity index (χ2n) is 12.5. The SMILES string of the molecule is Cc1ccc(C[C@@H]2C[C@@H](C(=O)NCCCc3cnn(C)c3)N([N+](=O)[C@@H]3NCCC[C@@H]3C(=O)N3CCCC3C(F)(F)F)C2)cc1. The first-order valence-corrected chi connectivity index (χ1v) is 15.7. The lowest BCUT2D eigenvalue weighted by molar-refractivity contribution is -0.745. The molecule has 3 aliphatic heterocycles. The average Bonchev–Trinajstić information content (AvgIpc) is 3.76. The van der Waals surface area contributed by atoms with Crippen molar-refractivity contribution >= 4 is 11.8 Å². The van der Waals surface area contributed by atoms with Crippen LogP contribution in [0.25, 0.3) is 0 Å². The van der Waals surface area contributed by atoms with Gasteiger partial charge in [-0.1, -0.05) is 29.8 Å². The van der Waals surface area contributed by atoms with Crippen molar-refractivity contribution < 1.29 is 27.6 Å². The third kappa shape index (κ3) is 7.41. The molecule has 3 saturated heterocycles. The number of hydrogen-bond acceptors (Lipinski definition) is 5. The molecule has 1 unspecified atom stereocenters. The van der Waals surface area contributed by atoms with Crippen LogP contribution in [-0.2, 0) is 29.5 Å². The zero-order chi connectivity index (χ0) is 31.4. The largest absolute Gasteiger partial charge is 0.408 e. The van der Waals surface area contributed by atoms with Crippen molar-refractivity contribution in [1.29, 1.82) is 0 Å². The van der Waals surface area contributed by atoms with Crippen LogP contribution < -0.4 is 10.6 Å². The molecule has 5 rings (SSSR count). The number of piperidine rings is 1. The fourth-order valence-corrected chi connectivity index (χ4v) is 6.90. The Balaban J connectivity index is 1.30. The summed E-state index contributed by atoms with van der Waals surface area (Å²) in [6.07, 6.45) is 1.76. The van der Waals surface area contributed by atoms with E-state index in [1.165, 1.54) is 5.01 Å². The molecule has 240 valence electrons. The van der Waals surface area contributed by atoms with Crippen LogP contribution in [-0.4, -0.2) is 87.0 Å². The number of rotatable bonds is 10. The number of hydrazine groups is 1. The molecule has 0 spiro atoms. The number of amides is 2. The predicted molar refractivity (Wildman–Crippen MR) is 157 cm³/mol. The lowest BCUT2D eigenvalue weighted by Gasteiger charge is -2.33. The summed E-state index contributed by atoms with van der Waals surface area (Å²) < 4.78 is 42.9. The average molecular weight is 619 g/mol. The maximum atomic E-state index is 14.1. The highest BCUT2D eigenvalue weighted by molar-refractivity contribution is 5.82. The Morgan fingerprint density at radius 2 is 1.91 bits per heavy atom. The van der Waals surface area contributed by atoms with Crippen LogP contribution in [0.5, 0.6) is 0 Å². The molecule has 1 aromatic heterocycles. The van der Waals surface area contributed by atoms with Crippen molar-refractivity contribution in [2.75, 3.05) is 26.2 Å². The third-order valence-corrected chi connectivity index (χ3v) is 9.16. The summed E-state index contributed by atoms with van der Waals surface area (Å²) in [5, 5.41) is 11.8. The predicted octanol–water partition coefficient (Wildman–Crippen LogP) is 3.28. The summed E-state index contributed by atoms with van der Waals surface area (Å²) in [6.45, 7) is 3.23. The molecule has 44 heavy (non-hydrogen) atoms. The molecule has 4 heterocycles. The Morgan fingerprint density at radius 3 is 2.61 bits per heavy atom. The summed E-state index contributed by atoms with van der Waals surface area (Å²) in [5.74, 6) is -1.84. The van der Waals surface area contributed by atoms with Gasteiger partial charge in [-0.3, -0.25) is 19.6 Å². The van der Waals surface area contributed by atoms with E-state index in [9.17, 15) is 27.7 Å². The second kappa shape index (κ2) is 13.7. The molecular formula is C31H43F3N7O3+. The highest BCUT2D eigenvalue weighted by Gasteiger charge is 2.55. The highest BCUT2D eigenvalue weighted by atomic mass is 19.4. The van der Waals surface area contributed by atoms with E-state index in [1.54, 1.807) is 10.9 Å². The van der Waals surface area contributed by atoms with E-state index in [0.717, 1.165) is 28.0 Å². The first kappa shape index (κ1) is 31.9. The summed E-state index contributed by atoms with van der Waals surface area (Å²) in [5.41, 5.74) is 3.31. The van der Waals surface area contributed by atoms with Crippen molar-refractivity contribution in [3.63, 3.8) is 0 Å². The van der Waals surface area contributed by atoms with Gasteiger partial charge >= 0.3 is 6.18 Å². The van der Waals surface area contributed by atoms with Gasteiger partial charge in [0.2, 0.25) is 11.8 Å². The summed E-state index contributed by atoms with van der Waals surface area (Å²) >= 11 is 0. The van der Waals surface area contributed by atoms with Gasteiger partial charge in [0.15, 0.2) is 6.04 Å². The minimum atomic E-state index is -4.51. The van der Waals surface area contributed by atoms with E-state index in [0.29, 0.717) is 56.6 Å². The number of nitrogens with one attached hydrogen (secondary N) is 2. The molecule has 0 saturated carbocycles. The molecule has 3 fully saturated rings. The number of benzene rings is 1. The van der Waals surface area contributed by atoms with E-state index >= 15 is 0 Å². The minimum Gasteiger partial charge on any atom is -0.354 e. The van der Waals surface area contributed by atoms with Crippen LogP contribution in [0.15, 0.2) is 36.7 Å². The monoisotopic (exact) mass is 618 g/mol. The third-order valence-electron chi connectivity index (χ3n) is 9.16. The van der Waals surface area contributed by atoms with Crippen molar-refractivity contribution in [2.45, 2.75) is 82.7 Å². The zero-order valence-corrected chi connectivity index (χ0v) is 25.4. The zero-order valence-electron chi connectivity index (χ0n) is 25.4. The van der Waals surface area contributed by atoms with E-state index in [-0.39, 0.29) is 31.2 Å². The summed E-state index contributed by atoms with van der Waals surface area (Å²) in [6, 6.07) is 5.58. The number of alkyl halides is 3. The number of aryl methyl sites for hydroxylation is 3. The summed E-state index contributed by atoms with van der Waals surface area (Å²) in [7, 11) is 1.85. The van der Waals surface area contributed by atoms with Gasteiger partial charge in [-0.25, -0.2) is 0 Å². The minimum absolute atomic E-state index is 0.00577. The topological polar surface area (TPSA) is 103 Å². The molecule has 2 aromatic rings. The van der Waals surface area contributed by atoms with Gasteiger partial charge in [-0.15, -0.1) is 5.01 Å². The Hall–Kier alpha value is -3.48. The van der Waals surface area contributed by atoms with Gasteiger partial charge < -0.3 is 10.2 Å². The van der Waals surface area contributed by atoms with Crippen LogP contribution in [0.4, 0.5) is 13.2 Å². The number of carbonyl (C=O) groups excluding carboxylic acids is 2. The number of nitrogens with zero attached hydrogens (tertiary/aromatic N) is 5. The Kier molecular flexibility index (Phi) is 9.91. The van der Waals surface area contributed by atoms with Crippen molar-refractivity contribution in [2.24, 2.45) is 18.9 Å². The quantitative estimate of drug-likeness (QED) is 0.313. The van der Waals surface area contributed by atoms with E-state index in [2.05, 4.69) is 15.7 Å². The number of aromatic nitrogens is 2. The Labute approximate surface area is 255 Å². The van der Waals surface area contributed by atoms with Gasteiger partial charge in [0, 0.05) is 32.9 Å². The highest BCUT2D eigenvalue weighted by Crippen LogP contribution is 2.36. The number of carbonyl (C=O) groups is 2. The molecule has 2 N–H and O–H groups in total. The van der Waals surface area contributed by atoms with E-state index < -0.39 is 36.3 Å². The number of likely N-dealkylation sites (tertiary alicyclic amines) is 1. The normalized spacial score (nSPS) is 25.8. The second-order valence-corrected chi connectivity index (χ2v) is 12.5. The van der Waals surface area contributed by atoms with Crippen molar-refractivity contribution in [1.82, 2.24) is 30.3 Å². The molecule has 13 heteroatoms. The number of hydrogen-bond donors (Lipinski definition) is 2. The first-order chi connectivity index (χ1) is 21.0. The van der Waals surface area contributed by atoms with Gasteiger partial charge in [0.1, 0.15) is 16.8 Å². The molecule has 10 nitrogen and oxygen atoms in total. The lowest BCUT2D eigenvalue weighted by atomic mass is 9.94. The molecule has 5 atom stereocenters. The smallest absolute Gasteiger partial charge is 0.354 e. The Bertz CT molecular complexity index is 1320. The van der Waals surface area contributed by atoms with Crippen LogP contribution in [0.1, 0.15) is 55.2 Å². The maximum absolute atomic E-state index is 14.1. The van der Waals surface area contributed by atoms with Crippen LogP contribution in [0, 0.1) is 23.7 Å². The fourth-order valence-electron chi connectivity index (χ4n) is 6.90. The van der Waals surface area contributed by atoms with Crippen LogP contribution in [0.2, 0.25) is 0 Å². The van der Waals surface area contributed by atoms with Crippen LogP contribution in [0.3, 0.4) is 0 Å². The maximum Gasteiger partial charge on any atom is 0.408 e. The van der Waals surface area contributed by atoms with Gasteiger partial charge in [0.25, 0.3) is 6.17 Å².